The molecular formula is C31H20BrClN4O4. The van der Waals surface area contributed by atoms with Crippen molar-refractivity contribution < 1.29 is 9.72 Å². The number of fused-ring (bicyclic) bond motifs is 1. The molecule has 1 unspecified atom stereocenters. The Morgan fingerprint density at radius 3 is 2.46 bits per heavy atom. The minimum Gasteiger partial charge on any atom is -0.321 e. The summed E-state index contributed by atoms with van der Waals surface area (Å²) < 4.78 is 0.836. The van der Waals surface area contributed by atoms with Gasteiger partial charge in [-0.1, -0.05) is 70.0 Å². The third-order valence-electron chi connectivity index (χ3n) is 7.00. The molecule has 2 heterocycles. The van der Waals surface area contributed by atoms with Gasteiger partial charge in [0.1, 0.15) is 0 Å². The monoisotopic (exact) mass is 626 g/mol. The van der Waals surface area contributed by atoms with Crippen LogP contribution in [0, 0.1) is 10.1 Å². The van der Waals surface area contributed by atoms with Gasteiger partial charge in [-0.05, 0) is 53.6 Å². The second kappa shape index (κ2) is 10.8. The van der Waals surface area contributed by atoms with Crippen LogP contribution in [0.4, 0.5) is 5.69 Å². The maximum absolute atomic E-state index is 13.8. The number of hydrogen-bond acceptors (Lipinski definition) is 5. The Bertz CT molecular complexity index is 1920. The lowest BCUT2D eigenvalue weighted by molar-refractivity contribution is -0.384. The summed E-state index contributed by atoms with van der Waals surface area (Å²) in [5.74, 6) is -0.422. The van der Waals surface area contributed by atoms with Gasteiger partial charge in [-0.25, -0.2) is 5.01 Å². The number of non-ortho nitro benzene ring substituents is 1. The maximum atomic E-state index is 13.8. The molecule has 1 N–H and O–H groups in total. The lowest BCUT2D eigenvalue weighted by atomic mass is 9.91. The standard InChI is InChI=1S/C31H20BrClN4O4/c32-21-11-14-25-24(16-21)28(18-5-2-1-3-6-18)29(30(38)34-25)26-17-27(20-7-4-8-23(15-20)37(40)41)36(35-26)31(39)19-9-12-22(33)13-10-19/h1-16,27H,17H2,(H,34,38). The molecule has 10 heteroatoms. The normalized spacial score (nSPS) is 14.7. The van der Waals surface area contributed by atoms with Crippen molar-refractivity contribution in [3.63, 3.8) is 0 Å². The summed E-state index contributed by atoms with van der Waals surface area (Å²) in [6.45, 7) is 0. The van der Waals surface area contributed by atoms with Gasteiger partial charge in [0, 0.05) is 50.1 Å². The molecule has 6 rings (SSSR count). The van der Waals surface area contributed by atoms with Crippen LogP contribution in [-0.4, -0.2) is 26.5 Å². The first kappa shape index (κ1) is 26.6. The van der Waals surface area contributed by atoms with E-state index in [0.717, 1.165) is 15.4 Å². The van der Waals surface area contributed by atoms with E-state index in [9.17, 15) is 19.7 Å². The van der Waals surface area contributed by atoms with Gasteiger partial charge in [-0.2, -0.15) is 5.10 Å². The van der Waals surface area contributed by atoms with E-state index < -0.39 is 16.9 Å². The van der Waals surface area contributed by atoms with Crippen LogP contribution in [0.1, 0.15) is 33.9 Å². The van der Waals surface area contributed by atoms with E-state index in [0.29, 0.717) is 38.5 Å². The third kappa shape index (κ3) is 5.05. The number of benzene rings is 4. The summed E-state index contributed by atoms with van der Waals surface area (Å²) in [5, 5.41) is 18.9. The Kier molecular flexibility index (Phi) is 6.98. The molecule has 1 amide bonds. The summed E-state index contributed by atoms with van der Waals surface area (Å²) in [7, 11) is 0. The van der Waals surface area contributed by atoms with Crippen LogP contribution in [0.15, 0.2) is 111 Å². The zero-order valence-corrected chi connectivity index (χ0v) is 23.6. The minimum absolute atomic E-state index is 0.104. The van der Waals surface area contributed by atoms with Crippen molar-refractivity contribution in [2.24, 2.45) is 5.10 Å². The maximum Gasteiger partial charge on any atom is 0.274 e. The average Bonchev–Trinajstić information content (AvgIpc) is 3.42. The fourth-order valence-corrected chi connectivity index (χ4v) is 5.61. The van der Waals surface area contributed by atoms with E-state index in [4.69, 9.17) is 16.7 Å². The van der Waals surface area contributed by atoms with Crippen molar-refractivity contribution in [2.75, 3.05) is 0 Å². The molecule has 0 bridgehead atoms. The largest absolute Gasteiger partial charge is 0.321 e. The molecule has 202 valence electrons. The number of rotatable bonds is 5. The number of pyridine rings is 1. The van der Waals surface area contributed by atoms with Crippen LogP contribution in [0.5, 0.6) is 0 Å². The van der Waals surface area contributed by atoms with Gasteiger partial charge >= 0.3 is 0 Å². The summed E-state index contributed by atoms with van der Waals surface area (Å²) in [5.41, 5.74) is 3.30. The number of amides is 1. The predicted octanol–water partition coefficient (Wildman–Crippen LogP) is 7.51. The summed E-state index contributed by atoms with van der Waals surface area (Å²) in [6.07, 6.45) is 0.170. The van der Waals surface area contributed by atoms with Crippen molar-refractivity contribution >= 4 is 55.7 Å². The first-order valence-corrected chi connectivity index (χ1v) is 13.8. The number of hydrazone groups is 1. The highest BCUT2D eigenvalue weighted by Crippen LogP contribution is 2.38. The van der Waals surface area contributed by atoms with E-state index in [1.165, 1.54) is 17.1 Å². The molecule has 0 radical (unpaired) electrons. The van der Waals surface area contributed by atoms with Crippen LogP contribution in [0.3, 0.4) is 0 Å². The minimum atomic E-state index is -0.686. The molecule has 0 fully saturated rings. The Balaban J connectivity index is 1.57. The van der Waals surface area contributed by atoms with Gasteiger partial charge in [0.2, 0.25) is 0 Å². The molecular weight excluding hydrogens is 608 g/mol. The van der Waals surface area contributed by atoms with E-state index >= 15 is 0 Å². The van der Waals surface area contributed by atoms with E-state index in [-0.39, 0.29) is 17.7 Å². The Hall–Kier alpha value is -4.60. The number of halogens is 2. The average molecular weight is 628 g/mol. The van der Waals surface area contributed by atoms with Crippen LogP contribution in [-0.2, 0) is 0 Å². The highest BCUT2D eigenvalue weighted by molar-refractivity contribution is 9.10. The number of nitro benzene ring substituents is 1. The number of aromatic nitrogens is 1. The lowest BCUT2D eigenvalue weighted by Gasteiger charge is -2.22. The zero-order chi connectivity index (χ0) is 28.7. The number of carbonyl (C=O) groups excluding carboxylic acids is 1. The number of nitro groups is 1. The first-order valence-electron chi connectivity index (χ1n) is 12.6. The topological polar surface area (TPSA) is 109 Å². The Morgan fingerprint density at radius 1 is 0.976 bits per heavy atom. The molecule has 1 atom stereocenters. The first-order chi connectivity index (χ1) is 19.8. The van der Waals surface area contributed by atoms with Gasteiger partial charge in [0.25, 0.3) is 17.2 Å². The van der Waals surface area contributed by atoms with E-state index in [1.54, 1.807) is 36.4 Å². The Labute approximate surface area is 247 Å². The van der Waals surface area contributed by atoms with Crippen molar-refractivity contribution in [1.29, 1.82) is 0 Å². The molecule has 1 aliphatic heterocycles. The number of H-pyrrole nitrogens is 1. The number of carbonyl (C=O) groups is 1. The molecule has 0 aliphatic carbocycles. The van der Waals surface area contributed by atoms with Crippen molar-refractivity contribution in [3.8, 4) is 11.1 Å². The van der Waals surface area contributed by atoms with Gasteiger partial charge in [-0.3, -0.25) is 19.7 Å². The van der Waals surface area contributed by atoms with Crippen LogP contribution in [0.25, 0.3) is 22.0 Å². The third-order valence-corrected chi connectivity index (χ3v) is 7.75. The zero-order valence-electron chi connectivity index (χ0n) is 21.3. The van der Waals surface area contributed by atoms with E-state index in [2.05, 4.69) is 20.9 Å². The van der Waals surface area contributed by atoms with Crippen molar-refractivity contribution in [1.82, 2.24) is 9.99 Å². The van der Waals surface area contributed by atoms with Gasteiger partial charge < -0.3 is 4.98 Å². The molecule has 5 aromatic rings. The van der Waals surface area contributed by atoms with Gasteiger partial charge in [0.15, 0.2) is 0 Å². The molecule has 1 aliphatic rings. The number of nitrogens with one attached hydrogen (secondary N) is 1. The summed E-state index contributed by atoms with van der Waals surface area (Å²) in [6, 6.07) is 27.0. The van der Waals surface area contributed by atoms with Crippen molar-refractivity contribution in [2.45, 2.75) is 12.5 Å². The molecule has 41 heavy (non-hydrogen) atoms. The molecule has 0 saturated carbocycles. The quantitative estimate of drug-likeness (QED) is 0.161. The van der Waals surface area contributed by atoms with Gasteiger partial charge in [0.05, 0.1) is 22.2 Å². The molecule has 1 aromatic heterocycles. The fraction of sp³-hybridized carbons (Fsp3) is 0.0645. The molecule has 0 spiro atoms. The SMILES string of the molecule is O=C(c1ccc(Cl)cc1)N1N=C(c2c(-c3ccccc3)c3cc(Br)ccc3[nH]c2=O)CC1c1cccc([N+](=O)[O-])c1. The smallest absolute Gasteiger partial charge is 0.274 e. The fourth-order valence-electron chi connectivity index (χ4n) is 5.12. The molecule has 0 saturated heterocycles. The number of aromatic amines is 1. The summed E-state index contributed by atoms with van der Waals surface area (Å²) in [4.78, 5) is 41.5. The highest BCUT2D eigenvalue weighted by Gasteiger charge is 2.36. The highest BCUT2D eigenvalue weighted by atomic mass is 79.9. The second-order valence-electron chi connectivity index (χ2n) is 9.54. The molecule has 8 nitrogen and oxygen atoms in total. The van der Waals surface area contributed by atoms with E-state index in [1.807, 2.05) is 48.5 Å². The lowest BCUT2D eigenvalue weighted by Crippen LogP contribution is -2.27. The van der Waals surface area contributed by atoms with Crippen LogP contribution < -0.4 is 5.56 Å². The van der Waals surface area contributed by atoms with Crippen molar-refractivity contribution in [3.05, 3.63) is 144 Å². The van der Waals surface area contributed by atoms with Crippen LogP contribution in [0.2, 0.25) is 5.02 Å². The summed E-state index contributed by atoms with van der Waals surface area (Å²) >= 11 is 9.59. The predicted molar refractivity (Wildman–Crippen MR) is 162 cm³/mol. The van der Waals surface area contributed by atoms with Gasteiger partial charge in [-0.15, -0.1) is 0 Å². The molecule has 4 aromatic carbocycles. The van der Waals surface area contributed by atoms with Crippen LogP contribution >= 0.6 is 27.5 Å². The Morgan fingerprint density at radius 2 is 1.73 bits per heavy atom. The number of hydrogen-bond donors (Lipinski definition) is 1. The number of nitrogens with zero attached hydrogens (tertiary/aromatic N) is 3. The second-order valence-corrected chi connectivity index (χ2v) is 10.9.